The van der Waals surface area contributed by atoms with Gasteiger partial charge in [-0.15, -0.1) is 0 Å². The fraction of sp³-hybridized carbons (Fsp3) is 0.200. The van der Waals surface area contributed by atoms with Gasteiger partial charge in [0.05, 0.1) is 5.69 Å². The van der Waals surface area contributed by atoms with Crippen LogP contribution in [0.25, 0.3) is 5.82 Å². The van der Waals surface area contributed by atoms with Crippen LogP contribution < -0.4 is 5.32 Å². The van der Waals surface area contributed by atoms with Crippen LogP contribution in [0.15, 0.2) is 30.5 Å². The topological polar surface area (TPSA) is 42.7 Å². The molecule has 0 aliphatic carbocycles. The van der Waals surface area contributed by atoms with E-state index in [0.717, 1.165) is 17.3 Å². The van der Waals surface area contributed by atoms with E-state index in [1.54, 1.807) is 4.68 Å². The fourth-order valence-corrected chi connectivity index (χ4v) is 1.23. The molecule has 0 unspecified atom stereocenters. The Hall–Kier alpha value is -1.84. The molecule has 2 aromatic rings. The molecule has 0 saturated heterocycles. The molecule has 4 heteroatoms. The molecule has 0 radical (unpaired) electrons. The highest BCUT2D eigenvalue weighted by Gasteiger charge is 1.99. The third-order valence-electron chi connectivity index (χ3n) is 1.95. The number of pyridine rings is 1. The van der Waals surface area contributed by atoms with Gasteiger partial charge in [-0.2, -0.15) is 5.10 Å². The summed E-state index contributed by atoms with van der Waals surface area (Å²) < 4.78 is 1.76. The number of anilines is 1. The van der Waals surface area contributed by atoms with Crippen LogP contribution >= 0.6 is 0 Å². The summed E-state index contributed by atoms with van der Waals surface area (Å²) in [5, 5.41) is 7.27. The van der Waals surface area contributed by atoms with Crippen LogP contribution in [0, 0.1) is 6.92 Å². The lowest BCUT2D eigenvalue weighted by atomic mass is 10.4. The molecule has 0 amide bonds. The van der Waals surface area contributed by atoms with Crippen LogP contribution in [0.2, 0.25) is 0 Å². The van der Waals surface area contributed by atoms with Crippen molar-refractivity contribution in [2.45, 2.75) is 6.92 Å². The first-order chi connectivity index (χ1) is 6.79. The third kappa shape index (κ3) is 1.59. The molecule has 72 valence electrons. The molecule has 4 nitrogen and oxygen atoms in total. The molecule has 2 rings (SSSR count). The van der Waals surface area contributed by atoms with Crippen LogP contribution in [-0.2, 0) is 0 Å². The molecule has 0 bridgehead atoms. The Bertz CT molecular complexity index is 433. The van der Waals surface area contributed by atoms with Crippen molar-refractivity contribution in [3.8, 4) is 5.82 Å². The maximum absolute atomic E-state index is 4.36. The number of aromatic nitrogens is 3. The number of nitrogens with zero attached hydrogens (tertiary/aromatic N) is 3. The van der Waals surface area contributed by atoms with E-state index < -0.39 is 0 Å². The minimum atomic E-state index is 0.824. The predicted molar refractivity (Wildman–Crippen MR) is 55.6 cm³/mol. The van der Waals surface area contributed by atoms with Gasteiger partial charge in [0.2, 0.25) is 0 Å². The summed E-state index contributed by atoms with van der Waals surface area (Å²) >= 11 is 0. The molecule has 2 heterocycles. The van der Waals surface area contributed by atoms with Crippen LogP contribution in [0.3, 0.4) is 0 Å². The number of nitrogens with one attached hydrogen (secondary N) is 1. The summed E-state index contributed by atoms with van der Waals surface area (Å²) in [7, 11) is 1.85. The molecule has 0 spiro atoms. The molecule has 14 heavy (non-hydrogen) atoms. The van der Waals surface area contributed by atoms with E-state index in [1.807, 2.05) is 44.4 Å². The van der Waals surface area contributed by atoms with E-state index in [0.29, 0.717) is 0 Å². The first-order valence-electron chi connectivity index (χ1n) is 4.47. The van der Waals surface area contributed by atoms with Crippen LogP contribution in [-0.4, -0.2) is 21.8 Å². The van der Waals surface area contributed by atoms with Gasteiger partial charge in [0, 0.05) is 13.2 Å². The average molecular weight is 188 g/mol. The zero-order valence-corrected chi connectivity index (χ0v) is 8.23. The Morgan fingerprint density at radius 2 is 2.14 bits per heavy atom. The second kappa shape index (κ2) is 3.49. The zero-order chi connectivity index (χ0) is 9.97. The Labute approximate surface area is 82.6 Å². The molecule has 0 aliphatic rings. The van der Waals surface area contributed by atoms with E-state index in [1.165, 1.54) is 0 Å². The zero-order valence-electron chi connectivity index (χ0n) is 8.23. The Morgan fingerprint density at radius 1 is 1.29 bits per heavy atom. The Kier molecular flexibility index (Phi) is 2.18. The van der Waals surface area contributed by atoms with Crippen LogP contribution in [0.1, 0.15) is 5.69 Å². The van der Waals surface area contributed by atoms with Crippen molar-refractivity contribution in [1.82, 2.24) is 14.8 Å². The number of rotatable bonds is 2. The summed E-state index contributed by atoms with van der Waals surface area (Å²) in [5.74, 6) is 1.67. The summed E-state index contributed by atoms with van der Waals surface area (Å²) in [6.45, 7) is 1.96. The van der Waals surface area contributed by atoms with Crippen molar-refractivity contribution in [2.75, 3.05) is 12.4 Å². The average Bonchev–Trinajstić information content (AvgIpc) is 2.65. The van der Waals surface area contributed by atoms with Crippen molar-refractivity contribution in [3.05, 3.63) is 36.2 Å². The molecule has 0 aliphatic heterocycles. The lowest BCUT2D eigenvalue weighted by Crippen LogP contribution is -2.00. The van der Waals surface area contributed by atoms with E-state index in [-0.39, 0.29) is 0 Å². The maximum Gasteiger partial charge on any atom is 0.155 e. The van der Waals surface area contributed by atoms with Crippen molar-refractivity contribution in [3.63, 3.8) is 0 Å². The number of hydrogen-bond acceptors (Lipinski definition) is 3. The van der Waals surface area contributed by atoms with Gasteiger partial charge in [-0.1, -0.05) is 6.07 Å². The smallest absolute Gasteiger partial charge is 0.155 e. The van der Waals surface area contributed by atoms with Crippen LogP contribution in [0.5, 0.6) is 0 Å². The second-order valence-corrected chi connectivity index (χ2v) is 3.03. The molecule has 0 atom stereocenters. The molecular weight excluding hydrogens is 176 g/mol. The highest BCUT2D eigenvalue weighted by molar-refractivity contribution is 5.38. The van der Waals surface area contributed by atoms with Crippen molar-refractivity contribution < 1.29 is 0 Å². The van der Waals surface area contributed by atoms with Gasteiger partial charge in [-0.3, -0.25) is 0 Å². The second-order valence-electron chi connectivity index (χ2n) is 3.03. The van der Waals surface area contributed by atoms with E-state index >= 15 is 0 Å². The lowest BCUT2D eigenvalue weighted by molar-refractivity contribution is 0.833. The summed E-state index contributed by atoms with van der Waals surface area (Å²) in [4.78, 5) is 4.36. The monoisotopic (exact) mass is 188 g/mol. The molecule has 1 N–H and O–H groups in total. The van der Waals surface area contributed by atoms with Gasteiger partial charge in [-0.25, -0.2) is 9.67 Å². The van der Waals surface area contributed by atoms with Crippen molar-refractivity contribution in [1.29, 1.82) is 0 Å². The van der Waals surface area contributed by atoms with Gasteiger partial charge >= 0.3 is 0 Å². The standard InChI is InChI=1S/C10H12N4/c1-8-6-7-14(13-8)10-5-3-4-9(11-2)12-10/h3-7H,1-2H3,(H,11,12). The van der Waals surface area contributed by atoms with Gasteiger partial charge in [0.15, 0.2) is 5.82 Å². The molecule has 2 aromatic heterocycles. The van der Waals surface area contributed by atoms with E-state index in [2.05, 4.69) is 15.4 Å². The van der Waals surface area contributed by atoms with Gasteiger partial charge in [0.1, 0.15) is 5.82 Å². The molecule has 0 aromatic carbocycles. The lowest BCUT2D eigenvalue weighted by Gasteiger charge is -2.02. The summed E-state index contributed by atoms with van der Waals surface area (Å²) in [5.41, 5.74) is 0.988. The fourth-order valence-electron chi connectivity index (χ4n) is 1.23. The van der Waals surface area contributed by atoms with Crippen molar-refractivity contribution in [2.24, 2.45) is 0 Å². The molecule has 0 saturated carbocycles. The summed E-state index contributed by atoms with van der Waals surface area (Å²) in [6, 6.07) is 7.74. The van der Waals surface area contributed by atoms with Gasteiger partial charge in [-0.05, 0) is 25.1 Å². The molecular formula is C10H12N4. The number of hydrogen-bond donors (Lipinski definition) is 1. The highest BCUT2D eigenvalue weighted by atomic mass is 15.3. The quantitative estimate of drug-likeness (QED) is 0.778. The minimum absolute atomic E-state index is 0.824. The first kappa shape index (κ1) is 8.74. The first-order valence-corrected chi connectivity index (χ1v) is 4.47. The Balaban J connectivity index is 2.41. The van der Waals surface area contributed by atoms with Crippen LogP contribution in [0.4, 0.5) is 5.82 Å². The SMILES string of the molecule is CNc1cccc(-n2ccc(C)n2)n1. The van der Waals surface area contributed by atoms with Crippen molar-refractivity contribution >= 4 is 5.82 Å². The normalized spacial score (nSPS) is 10.1. The minimum Gasteiger partial charge on any atom is -0.373 e. The highest BCUT2D eigenvalue weighted by Crippen LogP contribution is 2.08. The largest absolute Gasteiger partial charge is 0.373 e. The Morgan fingerprint density at radius 3 is 2.79 bits per heavy atom. The molecule has 0 fully saturated rings. The maximum atomic E-state index is 4.36. The van der Waals surface area contributed by atoms with E-state index in [9.17, 15) is 0 Å². The predicted octanol–water partition coefficient (Wildman–Crippen LogP) is 1.62. The van der Waals surface area contributed by atoms with E-state index in [4.69, 9.17) is 0 Å². The summed E-state index contributed by atoms with van der Waals surface area (Å²) in [6.07, 6.45) is 1.90. The van der Waals surface area contributed by atoms with Gasteiger partial charge in [0.25, 0.3) is 0 Å². The number of aryl methyl sites for hydroxylation is 1. The van der Waals surface area contributed by atoms with Gasteiger partial charge < -0.3 is 5.32 Å². The third-order valence-corrected chi connectivity index (χ3v) is 1.95.